The van der Waals surface area contributed by atoms with E-state index in [-0.39, 0.29) is 0 Å². The molecule has 0 atom stereocenters. The molecule has 1 fully saturated rings. The van der Waals surface area contributed by atoms with Crippen molar-refractivity contribution in [3.05, 3.63) is 71.0 Å². The van der Waals surface area contributed by atoms with Crippen molar-refractivity contribution in [2.24, 2.45) is 0 Å². The van der Waals surface area contributed by atoms with E-state index < -0.39 is 0 Å². The molecule has 7 nitrogen and oxygen atoms in total. The number of benzene rings is 2. The van der Waals surface area contributed by atoms with Crippen LogP contribution in [0.4, 0.5) is 0 Å². The van der Waals surface area contributed by atoms with Gasteiger partial charge in [-0.15, -0.1) is 16.8 Å². The van der Waals surface area contributed by atoms with E-state index in [4.69, 9.17) is 25.8 Å². The monoisotopic (exact) mass is 528 g/mol. The fraction of sp³-hybridized carbons (Fsp3) is 0.407. The fourth-order valence-electron chi connectivity index (χ4n) is 4.59. The number of nitrogens with zero attached hydrogens (tertiary/aromatic N) is 4. The number of rotatable bonds is 11. The third kappa shape index (κ3) is 6.17. The molecular formula is C27H33ClN4O3S. The number of hydrogen-bond donors (Lipinski definition) is 0. The SMILES string of the molecule is C=CCn1c(SCc2cccc(Cl)c2)nnc1C1CCN(Cc2cc(OC)c(OC)cc2OC)CC1. The van der Waals surface area contributed by atoms with E-state index in [0.717, 1.165) is 65.5 Å². The summed E-state index contributed by atoms with van der Waals surface area (Å²) in [6, 6.07) is 11.8. The Balaban J connectivity index is 1.41. The van der Waals surface area contributed by atoms with E-state index in [1.165, 1.54) is 5.56 Å². The van der Waals surface area contributed by atoms with Gasteiger partial charge in [0.2, 0.25) is 0 Å². The maximum atomic E-state index is 6.14. The van der Waals surface area contributed by atoms with Crippen molar-refractivity contribution in [1.82, 2.24) is 19.7 Å². The summed E-state index contributed by atoms with van der Waals surface area (Å²) >= 11 is 7.83. The van der Waals surface area contributed by atoms with Crippen LogP contribution in [0.1, 0.15) is 35.7 Å². The molecule has 0 amide bonds. The minimum atomic E-state index is 0.363. The van der Waals surface area contributed by atoms with Crippen LogP contribution in [0.2, 0.25) is 5.02 Å². The summed E-state index contributed by atoms with van der Waals surface area (Å²) in [6.07, 6.45) is 3.95. The van der Waals surface area contributed by atoms with E-state index in [1.807, 2.05) is 36.4 Å². The van der Waals surface area contributed by atoms with E-state index in [1.54, 1.807) is 33.1 Å². The van der Waals surface area contributed by atoms with Gasteiger partial charge in [-0.3, -0.25) is 4.90 Å². The van der Waals surface area contributed by atoms with Crippen LogP contribution in [-0.2, 0) is 18.8 Å². The second-order valence-electron chi connectivity index (χ2n) is 8.73. The van der Waals surface area contributed by atoms with Crippen LogP contribution in [0.15, 0.2) is 54.2 Å². The Morgan fingerprint density at radius 3 is 2.42 bits per heavy atom. The largest absolute Gasteiger partial charge is 0.496 e. The zero-order valence-corrected chi connectivity index (χ0v) is 22.6. The first kappa shape index (κ1) is 26.4. The first-order chi connectivity index (χ1) is 17.6. The van der Waals surface area contributed by atoms with Crippen LogP contribution >= 0.6 is 23.4 Å². The number of halogens is 1. The van der Waals surface area contributed by atoms with E-state index in [0.29, 0.717) is 24.0 Å². The van der Waals surface area contributed by atoms with Gasteiger partial charge in [0.05, 0.1) is 21.3 Å². The van der Waals surface area contributed by atoms with Crippen LogP contribution in [0.5, 0.6) is 17.2 Å². The zero-order chi connectivity index (χ0) is 25.5. The van der Waals surface area contributed by atoms with Crippen molar-refractivity contribution in [1.29, 1.82) is 0 Å². The average Bonchev–Trinajstić information content (AvgIpc) is 3.30. The fourth-order valence-corrected chi connectivity index (χ4v) is 5.70. The Morgan fingerprint density at radius 2 is 1.75 bits per heavy atom. The van der Waals surface area contributed by atoms with Gasteiger partial charge in [0.15, 0.2) is 16.7 Å². The first-order valence-electron chi connectivity index (χ1n) is 12.0. The molecule has 0 saturated carbocycles. The Kier molecular flexibility index (Phi) is 9.18. The molecule has 0 aliphatic carbocycles. The summed E-state index contributed by atoms with van der Waals surface area (Å²) in [5.41, 5.74) is 2.25. The predicted molar refractivity (Wildman–Crippen MR) is 145 cm³/mol. The summed E-state index contributed by atoms with van der Waals surface area (Å²) < 4.78 is 18.7. The van der Waals surface area contributed by atoms with Crippen molar-refractivity contribution in [3.8, 4) is 17.2 Å². The Hall–Kier alpha value is -2.68. The number of hydrogen-bond acceptors (Lipinski definition) is 7. The lowest BCUT2D eigenvalue weighted by atomic mass is 9.95. The third-order valence-electron chi connectivity index (χ3n) is 6.45. The molecule has 0 unspecified atom stereocenters. The van der Waals surface area contributed by atoms with E-state index in [2.05, 4.69) is 32.3 Å². The number of methoxy groups -OCH3 is 3. The van der Waals surface area contributed by atoms with Gasteiger partial charge in [0, 0.05) is 41.4 Å². The van der Waals surface area contributed by atoms with Gasteiger partial charge in [-0.25, -0.2) is 0 Å². The molecule has 3 aromatic rings. The molecule has 1 aliphatic rings. The molecule has 36 heavy (non-hydrogen) atoms. The second kappa shape index (κ2) is 12.5. The molecule has 2 aromatic carbocycles. The maximum Gasteiger partial charge on any atom is 0.191 e. The van der Waals surface area contributed by atoms with Crippen molar-refractivity contribution in [3.63, 3.8) is 0 Å². The van der Waals surface area contributed by atoms with Gasteiger partial charge >= 0.3 is 0 Å². The van der Waals surface area contributed by atoms with Crippen molar-refractivity contribution in [2.45, 2.75) is 42.8 Å². The van der Waals surface area contributed by atoms with Gasteiger partial charge in [0.25, 0.3) is 0 Å². The van der Waals surface area contributed by atoms with Crippen LogP contribution < -0.4 is 14.2 Å². The van der Waals surface area contributed by atoms with Gasteiger partial charge in [-0.05, 0) is 49.7 Å². The smallest absolute Gasteiger partial charge is 0.191 e. The number of likely N-dealkylation sites (tertiary alicyclic amines) is 1. The van der Waals surface area contributed by atoms with Crippen molar-refractivity contribution < 1.29 is 14.2 Å². The highest BCUT2D eigenvalue weighted by Gasteiger charge is 2.27. The third-order valence-corrected chi connectivity index (χ3v) is 7.72. The summed E-state index contributed by atoms with van der Waals surface area (Å²) in [5.74, 6) is 4.39. The molecule has 192 valence electrons. The summed E-state index contributed by atoms with van der Waals surface area (Å²) in [7, 11) is 4.97. The van der Waals surface area contributed by atoms with Crippen LogP contribution in [0.25, 0.3) is 0 Å². The van der Waals surface area contributed by atoms with Gasteiger partial charge in [-0.2, -0.15) is 0 Å². The maximum absolute atomic E-state index is 6.14. The number of aromatic nitrogens is 3. The first-order valence-corrected chi connectivity index (χ1v) is 13.3. The Labute approximate surface area is 222 Å². The van der Waals surface area contributed by atoms with Crippen LogP contribution in [0, 0.1) is 0 Å². The second-order valence-corrected chi connectivity index (χ2v) is 10.1. The standard InChI is InChI=1S/C27H33ClN4O3S/c1-5-11-32-26(29-30-27(32)36-18-19-7-6-8-22(28)14-19)20-9-12-31(13-10-20)17-21-15-24(34-3)25(35-4)16-23(21)33-2/h5-8,14-16,20H,1,9-13,17-18H2,2-4H3. The lowest BCUT2D eigenvalue weighted by Crippen LogP contribution is -2.33. The Morgan fingerprint density at radius 1 is 1.03 bits per heavy atom. The van der Waals surface area contributed by atoms with Crippen LogP contribution in [0.3, 0.4) is 0 Å². The summed E-state index contributed by atoms with van der Waals surface area (Å²) in [6.45, 7) is 7.37. The van der Waals surface area contributed by atoms with Gasteiger partial charge in [0.1, 0.15) is 11.6 Å². The van der Waals surface area contributed by atoms with Crippen LogP contribution in [-0.4, -0.2) is 54.1 Å². The molecular weight excluding hydrogens is 496 g/mol. The van der Waals surface area contributed by atoms with Crippen molar-refractivity contribution in [2.75, 3.05) is 34.4 Å². The molecule has 1 aromatic heterocycles. The molecule has 0 spiro atoms. The highest BCUT2D eigenvalue weighted by molar-refractivity contribution is 7.98. The molecule has 0 radical (unpaired) electrons. The number of piperidine rings is 1. The van der Waals surface area contributed by atoms with Crippen molar-refractivity contribution >= 4 is 23.4 Å². The molecule has 9 heteroatoms. The highest BCUT2D eigenvalue weighted by atomic mass is 35.5. The summed E-state index contributed by atoms with van der Waals surface area (Å²) in [4.78, 5) is 2.45. The normalized spacial score (nSPS) is 14.6. The van der Waals surface area contributed by atoms with E-state index >= 15 is 0 Å². The van der Waals surface area contributed by atoms with E-state index in [9.17, 15) is 0 Å². The molecule has 0 bridgehead atoms. The van der Waals surface area contributed by atoms with Gasteiger partial charge < -0.3 is 18.8 Å². The van der Waals surface area contributed by atoms with Gasteiger partial charge in [-0.1, -0.05) is 41.6 Å². The minimum Gasteiger partial charge on any atom is -0.496 e. The highest BCUT2D eigenvalue weighted by Crippen LogP contribution is 2.36. The number of thioether (sulfide) groups is 1. The zero-order valence-electron chi connectivity index (χ0n) is 21.1. The molecule has 1 saturated heterocycles. The molecule has 1 aliphatic heterocycles. The molecule has 4 rings (SSSR count). The lowest BCUT2D eigenvalue weighted by Gasteiger charge is -2.32. The summed E-state index contributed by atoms with van der Waals surface area (Å²) in [5, 5.41) is 10.8. The molecule has 0 N–H and O–H groups in total. The number of allylic oxidation sites excluding steroid dienone is 1. The Bertz CT molecular complexity index is 1180. The quantitative estimate of drug-likeness (QED) is 0.230. The molecule has 2 heterocycles. The topological polar surface area (TPSA) is 61.6 Å². The lowest BCUT2D eigenvalue weighted by molar-refractivity contribution is 0.197. The minimum absolute atomic E-state index is 0.363. The average molecular weight is 529 g/mol. The predicted octanol–water partition coefficient (Wildman–Crippen LogP) is 5.82. The number of ether oxygens (including phenoxy) is 3.